The molecular formula is C11H14N2O3. The van der Waals surface area contributed by atoms with E-state index in [1.54, 1.807) is 29.2 Å². The summed E-state index contributed by atoms with van der Waals surface area (Å²) in [6.07, 6.45) is -0.119. The molecule has 1 aliphatic rings. The number of carbonyl (C=O) groups is 1. The zero-order valence-electron chi connectivity index (χ0n) is 8.80. The Morgan fingerprint density at radius 2 is 2.12 bits per heavy atom. The number of amides is 1. The summed E-state index contributed by atoms with van der Waals surface area (Å²) in [6.45, 7) is 0.907. The summed E-state index contributed by atoms with van der Waals surface area (Å²) in [4.78, 5) is 13.3. The van der Waals surface area contributed by atoms with E-state index in [1.807, 2.05) is 0 Å². The molecule has 0 bridgehead atoms. The number of nitrogens with two attached hydrogens (primary N) is 1. The number of phenols is 1. The van der Waals surface area contributed by atoms with Gasteiger partial charge in [0.2, 0.25) is 0 Å². The molecule has 2 rings (SSSR count). The predicted octanol–water partition coefficient (Wildman–Crippen LogP) is 0.0827. The van der Waals surface area contributed by atoms with Gasteiger partial charge in [-0.05, 0) is 24.3 Å². The molecule has 1 aromatic carbocycles. The Kier molecular flexibility index (Phi) is 3.07. The smallest absolute Gasteiger partial charge is 0.253 e. The molecule has 1 heterocycles. The van der Waals surface area contributed by atoms with Gasteiger partial charge in [0.05, 0.1) is 12.6 Å². The quantitative estimate of drug-likeness (QED) is 0.743. The van der Waals surface area contributed by atoms with Crippen molar-refractivity contribution in [2.75, 3.05) is 24.6 Å². The number of anilines is 1. The molecule has 5 nitrogen and oxygen atoms in total. The second-order valence-electron chi connectivity index (χ2n) is 3.69. The Hall–Kier alpha value is -1.59. The first-order valence-corrected chi connectivity index (χ1v) is 5.12. The summed E-state index contributed by atoms with van der Waals surface area (Å²) in [7, 11) is 0. The normalized spacial score (nSPS) is 21.2. The SMILES string of the molecule is NCC1CN(c2ccc(O)cc2)C(=O)CO1. The predicted molar refractivity (Wildman–Crippen MR) is 59.3 cm³/mol. The van der Waals surface area contributed by atoms with E-state index in [0.29, 0.717) is 13.1 Å². The summed E-state index contributed by atoms with van der Waals surface area (Å²) in [5.74, 6) is 0.0928. The highest BCUT2D eigenvalue weighted by Crippen LogP contribution is 2.21. The van der Waals surface area contributed by atoms with E-state index in [2.05, 4.69) is 0 Å². The molecule has 1 unspecified atom stereocenters. The maximum absolute atomic E-state index is 11.6. The van der Waals surface area contributed by atoms with Gasteiger partial charge in [-0.2, -0.15) is 0 Å². The topological polar surface area (TPSA) is 75.8 Å². The van der Waals surface area contributed by atoms with Crippen LogP contribution in [-0.2, 0) is 9.53 Å². The average molecular weight is 222 g/mol. The van der Waals surface area contributed by atoms with Gasteiger partial charge in [-0.3, -0.25) is 4.79 Å². The largest absolute Gasteiger partial charge is 0.508 e. The summed E-state index contributed by atoms with van der Waals surface area (Å²) >= 11 is 0. The van der Waals surface area contributed by atoms with Crippen molar-refractivity contribution in [3.8, 4) is 5.75 Å². The molecule has 1 fully saturated rings. The van der Waals surface area contributed by atoms with Crippen molar-refractivity contribution in [2.45, 2.75) is 6.10 Å². The number of nitrogens with zero attached hydrogens (tertiary/aromatic N) is 1. The third-order valence-corrected chi connectivity index (χ3v) is 2.55. The number of rotatable bonds is 2. The molecule has 1 aliphatic heterocycles. The maximum atomic E-state index is 11.6. The highest BCUT2D eigenvalue weighted by atomic mass is 16.5. The molecule has 0 saturated carbocycles. The molecule has 86 valence electrons. The molecule has 1 saturated heterocycles. The highest BCUT2D eigenvalue weighted by Gasteiger charge is 2.26. The number of morpholine rings is 1. The van der Waals surface area contributed by atoms with Crippen LogP contribution in [0.5, 0.6) is 5.75 Å². The molecule has 0 radical (unpaired) electrons. The summed E-state index contributed by atoms with van der Waals surface area (Å²) in [5, 5.41) is 9.17. The van der Waals surface area contributed by atoms with Crippen molar-refractivity contribution in [1.82, 2.24) is 0 Å². The zero-order valence-corrected chi connectivity index (χ0v) is 8.80. The fraction of sp³-hybridized carbons (Fsp3) is 0.364. The molecular weight excluding hydrogens is 208 g/mol. The van der Waals surface area contributed by atoms with Gasteiger partial charge in [0, 0.05) is 12.2 Å². The first-order chi connectivity index (χ1) is 7.70. The number of benzene rings is 1. The number of ether oxygens (including phenoxy) is 1. The monoisotopic (exact) mass is 222 g/mol. The lowest BCUT2D eigenvalue weighted by molar-refractivity contribution is -0.128. The van der Waals surface area contributed by atoms with E-state index >= 15 is 0 Å². The van der Waals surface area contributed by atoms with Gasteiger partial charge in [0.1, 0.15) is 12.4 Å². The fourth-order valence-electron chi connectivity index (χ4n) is 1.65. The van der Waals surface area contributed by atoms with Gasteiger partial charge in [0.25, 0.3) is 5.91 Å². The lowest BCUT2D eigenvalue weighted by Crippen LogP contribution is -2.49. The Morgan fingerprint density at radius 3 is 2.75 bits per heavy atom. The first-order valence-electron chi connectivity index (χ1n) is 5.12. The lowest BCUT2D eigenvalue weighted by Gasteiger charge is -2.32. The van der Waals surface area contributed by atoms with E-state index in [0.717, 1.165) is 5.69 Å². The number of carbonyl (C=O) groups excluding carboxylic acids is 1. The van der Waals surface area contributed by atoms with E-state index in [-0.39, 0.29) is 24.4 Å². The zero-order chi connectivity index (χ0) is 11.5. The van der Waals surface area contributed by atoms with Gasteiger partial charge in [-0.15, -0.1) is 0 Å². The van der Waals surface area contributed by atoms with Crippen LogP contribution in [0.4, 0.5) is 5.69 Å². The molecule has 0 aromatic heterocycles. The van der Waals surface area contributed by atoms with Crippen molar-refractivity contribution in [3.63, 3.8) is 0 Å². The highest BCUT2D eigenvalue weighted by molar-refractivity contribution is 5.95. The fourth-order valence-corrected chi connectivity index (χ4v) is 1.65. The van der Waals surface area contributed by atoms with Crippen molar-refractivity contribution < 1.29 is 14.6 Å². The van der Waals surface area contributed by atoms with Crippen LogP contribution in [0.25, 0.3) is 0 Å². The summed E-state index contributed by atoms with van der Waals surface area (Å²) in [5.41, 5.74) is 6.26. The van der Waals surface area contributed by atoms with Crippen LogP contribution in [0.2, 0.25) is 0 Å². The lowest BCUT2D eigenvalue weighted by atomic mass is 10.2. The molecule has 1 amide bonds. The Morgan fingerprint density at radius 1 is 1.44 bits per heavy atom. The van der Waals surface area contributed by atoms with E-state index < -0.39 is 0 Å². The number of phenolic OH excluding ortho intramolecular Hbond substituents is 1. The molecule has 1 aromatic rings. The molecule has 1 atom stereocenters. The van der Waals surface area contributed by atoms with Crippen LogP contribution >= 0.6 is 0 Å². The van der Waals surface area contributed by atoms with E-state index in [9.17, 15) is 9.90 Å². The van der Waals surface area contributed by atoms with E-state index in [4.69, 9.17) is 10.5 Å². The van der Waals surface area contributed by atoms with Gasteiger partial charge >= 0.3 is 0 Å². The van der Waals surface area contributed by atoms with Crippen molar-refractivity contribution >= 4 is 11.6 Å². The Labute approximate surface area is 93.4 Å². The summed E-state index contributed by atoms with van der Waals surface area (Å²) in [6, 6.07) is 6.50. The minimum Gasteiger partial charge on any atom is -0.508 e. The second kappa shape index (κ2) is 4.51. The maximum Gasteiger partial charge on any atom is 0.253 e. The van der Waals surface area contributed by atoms with Crippen LogP contribution in [-0.4, -0.2) is 36.8 Å². The average Bonchev–Trinajstić information content (AvgIpc) is 2.31. The van der Waals surface area contributed by atoms with E-state index in [1.165, 1.54) is 0 Å². The van der Waals surface area contributed by atoms with Crippen molar-refractivity contribution in [2.24, 2.45) is 5.73 Å². The number of hydrogen-bond donors (Lipinski definition) is 2. The summed E-state index contributed by atoms with van der Waals surface area (Å²) < 4.78 is 5.25. The molecule has 16 heavy (non-hydrogen) atoms. The van der Waals surface area contributed by atoms with Gasteiger partial charge < -0.3 is 20.5 Å². The standard InChI is InChI=1S/C11H14N2O3/c12-5-10-6-13(11(15)7-16-10)8-1-3-9(14)4-2-8/h1-4,10,14H,5-7,12H2. The van der Waals surface area contributed by atoms with Crippen molar-refractivity contribution in [1.29, 1.82) is 0 Å². The van der Waals surface area contributed by atoms with Crippen LogP contribution in [0, 0.1) is 0 Å². The molecule has 0 aliphatic carbocycles. The van der Waals surface area contributed by atoms with Crippen molar-refractivity contribution in [3.05, 3.63) is 24.3 Å². The third-order valence-electron chi connectivity index (χ3n) is 2.55. The molecule has 5 heteroatoms. The van der Waals surface area contributed by atoms with Gasteiger partial charge in [-0.25, -0.2) is 0 Å². The minimum absolute atomic E-state index is 0.0583. The second-order valence-corrected chi connectivity index (χ2v) is 3.69. The van der Waals surface area contributed by atoms with Crippen LogP contribution in [0.15, 0.2) is 24.3 Å². The van der Waals surface area contributed by atoms with Gasteiger partial charge in [-0.1, -0.05) is 0 Å². The Bertz CT molecular complexity index is 377. The number of aromatic hydroxyl groups is 1. The van der Waals surface area contributed by atoms with Crippen LogP contribution in [0.3, 0.4) is 0 Å². The van der Waals surface area contributed by atoms with Crippen LogP contribution in [0.1, 0.15) is 0 Å². The number of hydrogen-bond acceptors (Lipinski definition) is 4. The molecule has 3 N–H and O–H groups in total. The minimum atomic E-state index is -0.119. The Balaban J connectivity index is 2.17. The third kappa shape index (κ3) is 2.15. The van der Waals surface area contributed by atoms with Gasteiger partial charge in [0.15, 0.2) is 0 Å². The van der Waals surface area contributed by atoms with Crippen LogP contribution < -0.4 is 10.6 Å². The molecule has 0 spiro atoms. The first kappa shape index (κ1) is 10.9.